The molecule has 0 N–H and O–H groups in total. The van der Waals surface area contributed by atoms with Crippen LogP contribution in [0.15, 0.2) is 17.1 Å². The summed E-state index contributed by atoms with van der Waals surface area (Å²) in [4.78, 5) is 24.2. The number of carbonyl (C=O) groups is 1. The van der Waals surface area contributed by atoms with Crippen molar-refractivity contribution >= 4 is 5.97 Å². The van der Waals surface area contributed by atoms with E-state index in [0.29, 0.717) is 12.5 Å². The van der Waals surface area contributed by atoms with Crippen LogP contribution in [0.2, 0.25) is 0 Å². The Kier molecular flexibility index (Phi) is 7.21. The number of nitrogens with zero attached hydrogens (tertiary/aromatic N) is 2. The maximum Gasteiger partial charge on any atom is 0.316 e. The summed E-state index contributed by atoms with van der Waals surface area (Å²) in [7, 11) is 0. The minimum absolute atomic E-state index is 0.120. The lowest BCUT2D eigenvalue weighted by atomic mass is 9.97. The molecule has 0 saturated heterocycles. The van der Waals surface area contributed by atoms with Gasteiger partial charge in [-0.05, 0) is 33.1 Å². The third-order valence-corrected chi connectivity index (χ3v) is 4.04. The second-order valence-corrected chi connectivity index (χ2v) is 7.18. The average molecular weight is 332 g/mol. The Morgan fingerprint density at radius 1 is 1.38 bits per heavy atom. The highest BCUT2D eigenvalue weighted by Gasteiger charge is 2.26. The minimum Gasteiger partial charge on any atom is -0.419 e. The summed E-state index contributed by atoms with van der Waals surface area (Å²) in [5.41, 5.74) is -1.07. The molecule has 0 aromatic carbocycles. The molecule has 5 heteroatoms. The highest BCUT2D eigenvalue weighted by atomic mass is 16.5. The van der Waals surface area contributed by atoms with Gasteiger partial charge in [0, 0.05) is 18.8 Å². The summed E-state index contributed by atoms with van der Waals surface area (Å²) in [5, 5.41) is 9.50. The predicted octanol–water partition coefficient (Wildman–Crippen LogP) is 3.89. The molecule has 24 heavy (non-hydrogen) atoms. The van der Waals surface area contributed by atoms with Gasteiger partial charge in [-0.3, -0.25) is 9.59 Å². The summed E-state index contributed by atoms with van der Waals surface area (Å²) in [6.07, 6.45) is 5.94. The molecule has 0 fully saturated rings. The number of hydrogen-bond acceptors (Lipinski definition) is 4. The zero-order valence-corrected chi connectivity index (χ0v) is 15.4. The van der Waals surface area contributed by atoms with Gasteiger partial charge in [0.25, 0.3) is 0 Å². The van der Waals surface area contributed by atoms with E-state index in [1.54, 1.807) is 31.5 Å². The Balaban J connectivity index is 3.17. The Hall–Kier alpha value is -2.09. The standard InChI is InChI=1S/C19H28N2O3/c1-6-8-9-14(7-2)13-21-11-10-16(22)17(15(21)12-20)24-18(23)19(3,4)5/h10-11,14H,6-9,13H2,1-5H3. The van der Waals surface area contributed by atoms with Crippen LogP contribution in [0.25, 0.3) is 0 Å². The molecule has 1 atom stereocenters. The molecule has 0 saturated carbocycles. The van der Waals surface area contributed by atoms with E-state index in [-0.39, 0.29) is 11.4 Å². The van der Waals surface area contributed by atoms with Crippen molar-refractivity contribution in [1.82, 2.24) is 4.57 Å². The Labute approximate surface area is 144 Å². The predicted molar refractivity (Wildman–Crippen MR) is 93.8 cm³/mol. The van der Waals surface area contributed by atoms with Crippen molar-refractivity contribution in [2.45, 2.75) is 66.8 Å². The van der Waals surface area contributed by atoms with Crippen LogP contribution in [0.4, 0.5) is 0 Å². The summed E-state index contributed by atoms with van der Waals surface area (Å²) < 4.78 is 7.01. The van der Waals surface area contributed by atoms with Gasteiger partial charge in [-0.2, -0.15) is 5.26 Å². The third-order valence-electron chi connectivity index (χ3n) is 4.04. The number of carbonyl (C=O) groups excluding carboxylic acids is 1. The van der Waals surface area contributed by atoms with Gasteiger partial charge in [-0.15, -0.1) is 0 Å². The average Bonchev–Trinajstić information content (AvgIpc) is 2.53. The number of unbranched alkanes of at least 4 members (excludes halogenated alkanes) is 1. The van der Waals surface area contributed by atoms with Crippen LogP contribution >= 0.6 is 0 Å². The first-order valence-corrected chi connectivity index (χ1v) is 8.60. The number of esters is 1. The zero-order valence-electron chi connectivity index (χ0n) is 15.4. The van der Waals surface area contributed by atoms with Gasteiger partial charge < -0.3 is 9.30 Å². The number of hydrogen-bond donors (Lipinski definition) is 0. The molecular weight excluding hydrogens is 304 g/mol. The number of aromatic nitrogens is 1. The minimum atomic E-state index is -0.743. The monoisotopic (exact) mass is 332 g/mol. The van der Waals surface area contributed by atoms with E-state index < -0.39 is 16.8 Å². The molecule has 1 rings (SSSR count). The van der Waals surface area contributed by atoms with Gasteiger partial charge in [0.05, 0.1) is 5.41 Å². The molecule has 5 nitrogen and oxygen atoms in total. The topological polar surface area (TPSA) is 72.1 Å². The number of nitriles is 1. The largest absolute Gasteiger partial charge is 0.419 e. The molecule has 0 bridgehead atoms. The molecule has 1 unspecified atom stereocenters. The van der Waals surface area contributed by atoms with E-state index in [4.69, 9.17) is 4.74 Å². The van der Waals surface area contributed by atoms with Crippen molar-refractivity contribution < 1.29 is 9.53 Å². The normalized spacial score (nSPS) is 12.5. The van der Waals surface area contributed by atoms with Gasteiger partial charge >= 0.3 is 5.97 Å². The van der Waals surface area contributed by atoms with Crippen molar-refractivity contribution in [1.29, 1.82) is 5.26 Å². The molecule has 0 amide bonds. The van der Waals surface area contributed by atoms with E-state index in [9.17, 15) is 14.9 Å². The lowest BCUT2D eigenvalue weighted by Gasteiger charge is -2.20. The molecule has 0 aliphatic rings. The second-order valence-electron chi connectivity index (χ2n) is 7.18. The van der Waals surface area contributed by atoms with Gasteiger partial charge in [0.1, 0.15) is 6.07 Å². The van der Waals surface area contributed by atoms with E-state index in [1.165, 1.54) is 6.07 Å². The highest BCUT2D eigenvalue weighted by molar-refractivity contribution is 5.78. The fourth-order valence-electron chi connectivity index (χ4n) is 2.36. The highest BCUT2D eigenvalue weighted by Crippen LogP contribution is 2.22. The van der Waals surface area contributed by atoms with Gasteiger partial charge in [0.2, 0.25) is 11.2 Å². The number of rotatable bonds is 7. The van der Waals surface area contributed by atoms with Crippen LogP contribution in [0.5, 0.6) is 5.75 Å². The number of ether oxygens (including phenoxy) is 1. The molecule has 0 spiro atoms. The lowest BCUT2D eigenvalue weighted by molar-refractivity contribution is -0.143. The van der Waals surface area contributed by atoms with Crippen molar-refractivity contribution in [2.75, 3.05) is 0 Å². The fourth-order valence-corrected chi connectivity index (χ4v) is 2.36. The maximum absolute atomic E-state index is 12.1. The van der Waals surface area contributed by atoms with Crippen LogP contribution < -0.4 is 10.2 Å². The summed E-state index contributed by atoms with van der Waals surface area (Å²) in [6.45, 7) is 10.0. The first-order valence-electron chi connectivity index (χ1n) is 8.60. The van der Waals surface area contributed by atoms with E-state index in [0.717, 1.165) is 25.7 Å². The van der Waals surface area contributed by atoms with Crippen molar-refractivity contribution in [3.05, 3.63) is 28.2 Å². The molecular formula is C19H28N2O3. The molecule has 132 valence electrons. The van der Waals surface area contributed by atoms with Crippen molar-refractivity contribution in [3.8, 4) is 11.8 Å². The van der Waals surface area contributed by atoms with E-state index in [2.05, 4.69) is 13.8 Å². The number of pyridine rings is 1. The Morgan fingerprint density at radius 3 is 2.54 bits per heavy atom. The van der Waals surface area contributed by atoms with Gasteiger partial charge in [-0.1, -0.05) is 33.1 Å². The van der Waals surface area contributed by atoms with Crippen molar-refractivity contribution in [3.63, 3.8) is 0 Å². The third kappa shape index (κ3) is 5.23. The molecule has 0 aliphatic carbocycles. The Morgan fingerprint density at radius 2 is 2.04 bits per heavy atom. The molecule has 0 radical (unpaired) electrons. The van der Waals surface area contributed by atoms with E-state index in [1.807, 2.05) is 6.07 Å². The molecule has 1 heterocycles. The quantitative estimate of drug-likeness (QED) is 0.710. The van der Waals surface area contributed by atoms with Crippen molar-refractivity contribution in [2.24, 2.45) is 11.3 Å². The van der Waals surface area contributed by atoms with Crippen LogP contribution in [-0.2, 0) is 11.3 Å². The Bertz CT molecular complexity index is 663. The van der Waals surface area contributed by atoms with Crippen LogP contribution in [-0.4, -0.2) is 10.5 Å². The maximum atomic E-state index is 12.1. The summed E-state index contributed by atoms with van der Waals surface area (Å²) in [5.74, 6) is -0.261. The molecule has 0 aliphatic heterocycles. The van der Waals surface area contributed by atoms with E-state index >= 15 is 0 Å². The smallest absolute Gasteiger partial charge is 0.316 e. The fraction of sp³-hybridized carbons (Fsp3) is 0.632. The lowest BCUT2D eigenvalue weighted by Crippen LogP contribution is -2.29. The summed E-state index contributed by atoms with van der Waals surface area (Å²) in [6, 6.07) is 3.39. The van der Waals surface area contributed by atoms with Gasteiger partial charge in [0.15, 0.2) is 5.69 Å². The second kappa shape index (κ2) is 8.68. The SMILES string of the molecule is CCCCC(CC)Cn1ccc(=O)c(OC(=O)C(C)(C)C)c1C#N. The van der Waals surface area contributed by atoms with Crippen LogP contribution in [0, 0.1) is 22.7 Å². The van der Waals surface area contributed by atoms with Crippen LogP contribution in [0.3, 0.4) is 0 Å². The van der Waals surface area contributed by atoms with Gasteiger partial charge in [-0.25, -0.2) is 0 Å². The first-order chi connectivity index (χ1) is 11.2. The van der Waals surface area contributed by atoms with Crippen LogP contribution in [0.1, 0.15) is 66.0 Å². The first kappa shape index (κ1) is 20.0. The molecule has 1 aromatic rings. The zero-order chi connectivity index (χ0) is 18.3. The summed E-state index contributed by atoms with van der Waals surface area (Å²) >= 11 is 0. The molecule has 1 aromatic heterocycles.